The van der Waals surface area contributed by atoms with Crippen LogP contribution < -0.4 is 16.4 Å². The molecule has 0 atom stereocenters. The van der Waals surface area contributed by atoms with Crippen molar-refractivity contribution in [2.24, 2.45) is 5.73 Å². The van der Waals surface area contributed by atoms with Crippen molar-refractivity contribution in [3.63, 3.8) is 0 Å². The van der Waals surface area contributed by atoms with E-state index in [-0.39, 0.29) is 13.1 Å². The third-order valence-electron chi connectivity index (χ3n) is 1.70. The lowest BCUT2D eigenvalue weighted by atomic mass is 10.4. The second kappa shape index (κ2) is 4.40. The van der Waals surface area contributed by atoms with E-state index in [0.717, 1.165) is 4.90 Å². The fourth-order valence-electron chi connectivity index (χ4n) is 1.00. The highest BCUT2D eigenvalue weighted by molar-refractivity contribution is 6.04. The minimum absolute atomic E-state index is 0.109. The number of hydrogen-bond donors (Lipinski definition) is 3. The molecule has 8 nitrogen and oxygen atoms in total. The zero-order chi connectivity index (χ0) is 11.4. The van der Waals surface area contributed by atoms with E-state index >= 15 is 0 Å². The van der Waals surface area contributed by atoms with Crippen LogP contribution in [0.3, 0.4) is 0 Å². The van der Waals surface area contributed by atoms with Gasteiger partial charge in [-0.15, -0.1) is 0 Å². The molecule has 1 rings (SSSR count). The smallest absolute Gasteiger partial charge is 0.325 e. The highest BCUT2D eigenvalue weighted by Gasteiger charge is 2.29. The molecule has 0 aromatic rings. The number of imide groups is 1. The molecule has 5 amide bonds. The number of nitrogens with one attached hydrogen (secondary N) is 2. The predicted octanol–water partition coefficient (Wildman–Crippen LogP) is -2.86. The Bertz CT molecular complexity index is 311. The van der Waals surface area contributed by atoms with Gasteiger partial charge >= 0.3 is 6.03 Å². The summed E-state index contributed by atoms with van der Waals surface area (Å²) in [6, 6.07) is -0.616. The first-order valence-electron chi connectivity index (χ1n) is 4.14. The van der Waals surface area contributed by atoms with E-state index in [1.54, 1.807) is 0 Å². The summed E-state index contributed by atoms with van der Waals surface area (Å²) in [5, 5.41) is 4.42. The first kappa shape index (κ1) is 11.0. The van der Waals surface area contributed by atoms with Crippen molar-refractivity contribution in [2.45, 2.75) is 0 Å². The highest BCUT2D eigenvalue weighted by atomic mass is 16.2. The maximum absolute atomic E-state index is 11.1. The summed E-state index contributed by atoms with van der Waals surface area (Å²) >= 11 is 0. The van der Waals surface area contributed by atoms with E-state index in [1.165, 1.54) is 0 Å². The largest absolute Gasteiger partial charge is 0.368 e. The van der Waals surface area contributed by atoms with Gasteiger partial charge in [0.2, 0.25) is 11.8 Å². The first-order valence-corrected chi connectivity index (χ1v) is 4.14. The number of rotatable bonds is 4. The number of nitrogens with zero attached hydrogens (tertiary/aromatic N) is 1. The van der Waals surface area contributed by atoms with Crippen LogP contribution in [0.25, 0.3) is 0 Å². The summed E-state index contributed by atoms with van der Waals surface area (Å²) in [6.07, 6.45) is 0. The SMILES string of the molecule is NC(=O)CNC(=O)CN1C(=O)CNC1=O. The van der Waals surface area contributed by atoms with Gasteiger partial charge in [-0.2, -0.15) is 0 Å². The summed E-state index contributed by atoms with van der Waals surface area (Å²) in [5.74, 6) is -1.78. The average molecular weight is 214 g/mol. The molecule has 0 aromatic heterocycles. The summed E-state index contributed by atoms with van der Waals surface area (Å²) in [4.78, 5) is 44.2. The Morgan fingerprint density at radius 3 is 2.60 bits per heavy atom. The lowest BCUT2D eigenvalue weighted by molar-refractivity contribution is -0.131. The van der Waals surface area contributed by atoms with Crippen LogP contribution in [0.5, 0.6) is 0 Å². The number of nitrogens with two attached hydrogens (primary N) is 1. The van der Waals surface area contributed by atoms with E-state index < -0.39 is 30.3 Å². The molecule has 1 fully saturated rings. The number of hydrogen-bond acceptors (Lipinski definition) is 4. The van der Waals surface area contributed by atoms with Gasteiger partial charge in [-0.3, -0.25) is 19.3 Å². The van der Waals surface area contributed by atoms with Gasteiger partial charge < -0.3 is 16.4 Å². The standard InChI is InChI=1S/C7H10N4O4/c8-4(12)1-9-5(13)3-11-6(14)2-10-7(11)15/h1-3H2,(H2,8,12)(H,9,13)(H,10,15). The molecule has 0 aromatic carbocycles. The fourth-order valence-corrected chi connectivity index (χ4v) is 1.00. The Hall–Kier alpha value is -2.12. The Labute approximate surface area is 84.8 Å². The molecule has 1 heterocycles. The first-order chi connectivity index (χ1) is 7.00. The van der Waals surface area contributed by atoms with E-state index in [4.69, 9.17) is 5.73 Å². The maximum atomic E-state index is 11.1. The van der Waals surface area contributed by atoms with Crippen LogP contribution in [0, 0.1) is 0 Å². The monoisotopic (exact) mass is 214 g/mol. The minimum atomic E-state index is -0.694. The number of amides is 5. The van der Waals surface area contributed by atoms with Gasteiger partial charge in [-0.1, -0.05) is 0 Å². The van der Waals surface area contributed by atoms with Crippen molar-refractivity contribution in [1.82, 2.24) is 15.5 Å². The summed E-state index contributed by atoms with van der Waals surface area (Å²) in [5.41, 5.74) is 4.79. The normalized spacial score (nSPS) is 15.1. The molecular formula is C7H10N4O4. The van der Waals surface area contributed by atoms with E-state index in [2.05, 4.69) is 10.6 Å². The Morgan fingerprint density at radius 1 is 1.47 bits per heavy atom. The molecule has 4 N–H and O–H groups in total. The predicted molar refractivity (Wildman–Crippen MR) is 47.3 cm³/mol. The lowest BCUT2D eigenvalue weighted by Gasteiger charge is -2.11. The summed E-state index contributed by atoms with van der Waals surface area (Å²) in [6.45, 7) is -0.831. The molecule has 1 saturated heterocycles. The maximum Gasteiger partial charge on any atom is 0.325 e. The molecule has 0 bridgehead atoms. The van der Waals surface area contributed by atoms with Crippen molar-refractivity contribution < 1.29 is 19.2 Å². The average Bonchev–Trinajstić information content (AvgIpc) is 2.46. The highest BCUT2D eigenvalue weighted by Crippen LogP contribution is 1.97. The topological polar surface area (TPSA) is 122 Å². The third kappa shape index (κ3) is 2.93. The Kier molecular flexibility index (Phi) is 3.21. The van der Waals surface area contributed by atoms with Gasteiger partial charge in [0.15, 0.2) is 0 Å². The van der Waals surface area contributed by atoms with Crippen molar-refractivity contribution in [2.75, 3.05) is 19.6 Å². The molecule has 1 aliphatic rings. The number of carbonyl (C=O) groups excluding carboxylic acids is 4. The van der Waals surface area contributed by atoms with Gasteiger partial charge in [0.1, 0.15) is 6.54 Å². The Balaban J connectivity index is 2.40. The van der Waals surface area contributed by atoms with Gasteiger partial charge in [-0.05, 0) is 0 Å². The van der Waals surface area contributed by atoms with Crippen LogP contribution in [-0.4, -0.2) is 48.3 Å². The van der Waals surface area contributed by atoms with Crippen LogP contribution in [0.15, 0.2) is 0 Å². The van der Waals surface area contributed by atoms with Gasteiger partial charge in [0, 0.05) is 0 Å². The van der Waals surface area contributed by atoms with Crippen molar-refractivity contribution in [3.8, 4) is 0 Å². The molecular weight excluding hydrogens is 204 g/mol. The Morgan fingerprint density at radius 2 is 2.13 bits per heavy atom. The molecule has 1 aliphatic heterocycles. The molecule has 82 valence electrons. The van der Waals surface area contributed by atoms with E-state index in [0.29, 0.717) is 0 Å². The van der Waals surface area contributed by atoms with E-state index in [1.807, 2.05) is 0 Å². The minimum Gasteiger partial charge on any atom is -0.368 e. The van der Waals surface area contributed by atoms with Gasteiger partial charge in [0.05, 0.1) is 13.1 Å². The second-order valence-corrected chi connectivity index (χ2v) is 2.88. The molecule has 0 spiro atoms. The number of carbonyl (C=O) groups is 4. The van der Waals surface area contributed by atoms with Crippen LogP contribution in [-0.2, 0) is 14.4 Å². The molecule has 0 radical (unpaired) electrons. The molecule has 0 aliphatic carbocycles. The number of primary amides is 1. The van der Waals surface area contributed by atoms with Crippen LogP contribution >= 0.6 is 0 Å². The quantitative estimate of drug-likeness (QED) is 0.435. The van der Waals surface area contributed by atoms with Crippen molar-refractivity contribution >= 4 is 23.8 Å². The molecule has 8 heteroatoms. The molecule has 15 heavy (non-hydrogen) atoms. The zero-order valence-electron chi connectivity index (χ0n) is 7.78. The molecule has 0 unspecified atom stereocenters. The second-order valence-electron chi connectivity index (χ2n) is 2.88. The van der Waals surface area contributed by atoms with E-state index in [9.17, 15) is 19.2 Å². The molecule has 0 saturated carbocycles. The zero-order valence-corrected chi connectivity index (χ0v) is 7.78. The van der Waals surface area contributed by atoms with Crippen LogP contribution in [0.4, 0.5) is 4.79 Å². The van der Waals surface area contributed by atoms with Gasteiger partial charge in [0.25, 0.3) is 5.91 Å². The summed E-state index contributed by atoms with van der Waals surface area (Å²) in [7, 11) is 0. The van der Waals surface area contributed by atoms with Crippen molar-refractivity contribution in [3.05, 3.63) is 0 Å². The number of urea groups is 1. The summed E-state index contributed by atoms with van der Waals surface area (Å²) < 4.78 is 0. The van der Waals surface area contributed by atoms with Crippen LogP contribution in [0.2, 0.25) is 0 Å². The van der Waals surface area contributed by atoms with Gasteiger partial charge in [-0.25, -0.2) is 4.79 Å². The third-order valence-corrected chi connectivity index (χ3v) is 1.70. The lowest BCUT2D eigenvalue weighted by Crippen LogP contribution is -2.43. The fraction of sp³-hybridized carbons (Fsp3) is 0.429. The van der Waals surface area contributed by atoms with Crippen LogP contribution in [0.1, 0.15) is 0 Å². The van der Waals surface area contributed by atoms with Crippen molar-refractivity contribution in [1.29, 1.82) is 0 Å².